The standard InChI is InChI=1S/C14H17F3N2O3/c15-14(16,17)13(22)18-6-10-12(21)11(20)8-19(10)7-9-4-2-1-3-5-9/h1-5,10-12,20-21H,6-8H2,(H,18,22)/t10-,11+,12-/m1/s1. The van der Waals surface area contributed by atoms with Crippen LogP contribution in [0.1, 0.15) is 5.56 Å². The highest BCUT2D eigenvalue weighted by atomic mass is 19.4. The zero-order chi connectivity index (χ0) is 16.3. The fourth-order valence-corrected chi connectivity index (χ4v) is 2.50. The number of aliphatic hydroxyl groups excluding tert-OH is 2. The van der Waals surface area contributed by atoms with E-state index in [2.05, 4.69) is 0 Å². The second-order valence-corrected chi connectivity index (χ2v) is 5.25. The van der Waals surface area contributed by atoms with E-state index in [1.54, 1.807) is 10.2 Å². The SMILES string of the molecule is O=C(NC[C@@H]1[C@@H](O)[C@@H](O)CN1Cc1ccccc1)C(F)(F)F. The molecule has 0 bridgehead atoms. The molecule has 1 saturated heterocycles. The van der Waals surface area contributed by atoms with Crippen molar-refractivity contribution in [1.82, 2.24) is 10.2 Å². The van der Waals surface area contributed by atoms with Crippen LogP contribution in [0.5, 0.6) is 0 Å². The summed E-state index contributed by atoms with van der Waals surface area (Å²) in [5.41, 5.74) is 0.899. The van der Waals surface area contributed by atoms with E-state index in [1.165, 1.54) is 0 Å². The van der Waals surface area contributed by atoms with Crippen LogP contribution in [0.25, 0.3) is 0 Å². The quantitative estimate of drug-likeness (QED) is 0.745. The van der Waals surface area contributed by atoms with E-state index in [9.17, 15) is 28.2 Å². The molecular weight excluding hydrogens is 301 g/mol. The highest BCUT2D eigenvalue weighted by Crippen LogP contribution is 2.21. The molecule has 22 heavy (non-hydrogen) atoms. The van der Waals surface area contributed by atoms with Gasteiger partial charge in [0, 0.05) is 19.6 Å². The lowest BCUT2D eigenvalue weighted by atomic mass is 10.1. The monoisotopic (exact) mass is 318 g/mol. The maximum atomic E-state index is 12.2. The summed E-state index contributed by atoms with van der Waals surface area (Å²) in [6.07, 6.45) is -7.24. The van der Waals surface area contributed by atoms with Crippen molar-refractivity contribution in [2.24, 2.45) is 0 Å². The maximum absolute atomic E-state index is 12.2. The van der Waals surface area contributed by atoms with E-state index in [0.717, 1.165) is 5.56 Å². The third-order valence-electron chi connectivity index (χ3n) is 3.64. The van der Waals surface area contributed by atoms with Gasteiger partial charge in [-0.1, -0.05) is 30.3 Å². The Hall–Kier alpha value is -1.64. The molecule has 0 saturated carbocycles. The summed E-state index contributed by atoms with van der Waals surface area (Å²) >= 11 is 0. The van der Waals surface area contributed by atoms with Crippen LogP contribution in [-0.2, 0) is 11.3 Å². The minimum Gasteiger partial charge on any atom is -0.389 e. The summed E-state index contributed by atoms with van der Waals surface area (Å²) in [7, 11) is 0. The molecule has 0 aliphatic carbocycles. The summed E-state index contributed by atoms with van der Waals surface area (Å²) < 4.78 is 36.6. The van der Waals surface area contributed by atoms with E-state index in [-0.39, 0.29) is 13.1 Å². The Morgan fingerprint density at radius 1 is 1.27 bits per heavy atom. The molecule has 122 valence electrons. The predicted molar refractivity (Wildman–Crippen MR) is 71.7 cm³/mol. The number of alkyl halides is 3. The van der Waals surface area contributed by atoms with E-state index in [0.29, 0.717) is 6.54 Å². The molecule has 3 N–H and O–H groups in total. The lowest BCUT2D eigenvalue weighted by Gasteiger charge is -2.26. The van der Waals surface area contributed by atoms with Gasteiger partial charge in [0.1, 0.15) is 0 Å². The molecule has 1 aromatic carbocycles. The van der Waals surface area contributed by atoms with Crippen LogP contribution in [0.4, 0.5) is 13.2 Å². The normalized spacial score (nSPS) is 26.1. The van der Waals surface area contributed by atoms with Crippen molar-refractivity contribution >= 4 is 5.91 Å². The molecule has 1 aliphatic rings. The van der Waals surface area contributed by atoms with Gasteiger partial charge in [0.15, 0.2) is 0 Å². The third-order valence-corrected chi connectivity index (χ3v) is 3.64. The molecular formula is C14H17F3N2O3. The number of likely N-dealkylation sites (tertiary alicyclic amines) is 1. The molecule has 2 rings (SSSR count). The Morgan fingerprint density at radius 3 is 2.50 bits per heavy atom. The van der Waals surface area contributed by atoms with Crippen LogP contribution < -0.4 is 5.32 Å². The number of nitrogens with zero attached hydrogens (tertiary/aromatic N) is 1. The first kappa shape index (κ1) is 16.7. The first-order valence-corrected chi connectivity index (χ1v) is 6.78. The Balaban J connectivity index is 2.01. The molecule has 3 atom stereocenters. The van der Waals surface area contributed by atoms with Gasteiger partial charge in [-0.05, 0) is 5.56 Å². The summed E-state index contributed by atoms with van der Waals surface area (Å²) in [6.45, 7) is 0.105. The van der Waals surface area contributed by atoms with Gasteiger partial charge in [-0.15, -0.1) is 0 Å². The second kappa shape index (κ2) is 6.64. The average Bonchev–Trinajstić information content (AvgIpc) is 2.71. The Kier molecular flexibility index (Phi) is 5.05. The summed E-state index contributed by atoms with van der Waals surface area (Å²) in [5.74, 6) is -2.05. The van der Waals surface area contributed by atoms with Crippen LogP contribution in [0.15, 0.2) is 30.3 Å². The molecule has 1 amide bonds. The van der Waals surface area contributed by atoms with Crippen molar-refractivity contribution in [2.75, 3.05) is 13.1 Å². The van der Waals surface area contributed by atoms with Crippen molar-refractivity contribution in [1.29, 1.82) is 0 Å². The zero-order valence-electron chi connectivity index (χ0n) is 11.6. The number of rotatable bonds is 4. The molecule has 0 spiro atoms. The van der Waals surface area contributed by atoms with Crippen LogP contribution >= 0.6 is 0 Å². The van der Waals surface area contributed by atoms with Crippen molar-refractivity contribution < 1.29 is 28.2 Å². The van der Waals surface area contributed by atoms with Gasteiger partial charge < -0.3 is 15.5 Å². The van der Waals surface area contributed by atoms with Crippen LogP contribution in [0, 0.1) is 0 Å². The second-order valence-electron chi connectivity index (χ2n) is 5.25. The minimum absolute atomic E-state index is 0.128. The topological polar surface area (TPSA) is 72.8 Å². The minimum atomic E-state index is -4.97. The van der Waals surface area contributed by atoms with Crippen LogP contribution in [0.2, 0.25) is 0 Å². The third kappa shape index (κ3) is 3.96. The van der Waals surface area contributed by atoms with E-state index < -0.39 is 30.3 Å². The molecule has 1 heterocycles. The van der Waals surface area contributed by atoms with Gasteiger partial charge in [-0.2, -0.15) is 13.2 Å². The number of carbonyl (C=O) groups is 1. The molecule has 1 aromatic rings. The van der Waals surface area contributed by atoms with E-state index in [4.69, 9.17) is 0 Å². The first-order chi connectivity index (χ1) is 10.3. The van der Waals surface area contributed by atoms with Gasteiger partial charge >= 0.3 is 12.1 Å². The Labute approximate surface area is 125 Å². The number of hydrogen-bond acceptors (Lipinski definition) is 4. The fraction of sp³-hybridized carbons (Fsp3) is 0.500. The zero-order valence-corrected chi connectivity index (χ0v) is 11.6. The molecule has 1 aliphatic heterocycles. The molecule has 0 radical (unpaired) electrons. The van der Waals surface area contributed by atoms with Crippen molar-refractivity contribution in [3.05, 3.63) is 35.9 Å². The van der Waals surface area contributed by atoms with Gasteiger partial charge in [-0.25, -0.2) is 0 Å². The number of halogens is 3. The fourth-order valence-electron chi connectivity index (χ4n) is 2.50. The maximum Gasteiger partial charge on any atom is 0.471 e. The number of benzene rings is 1. The van der Waals surface area contributed by atoms with Gasteiger partial charge in [0.2, 0.25) is 0 Å². The van der Waals surface area contributed by atoms with Crippen LogP contribution in [0.3, 0.4) is 0 Å². The number of aliphatic hydroxyl groups is 2. The summed E-state index contributed by atoms with van der Waals surface area (Å²) in [6, 6.07) is 8.36. The molecule has 0 unspecified atom stereocenters. The van der Waals surface area contributed by atoms with Crippen molar-refractivity contribution in [3.8, 4) is 0 Å². The predicted octanol–water partition coefficient (Wildman–Crippen LogP) is 0.271. The molecule has 1 fully saturated rings. The first-order valence-electron chi connectivity index (χ1n) is 6.78. The Morgan fingerprint density at radius 2 is 1.91 bits per heavy atom. The van der Waals surface area contributed by atoms with Gasteiger partial charge in [0.05, 0.1) is 18.2 Å². The van der Waals surface area contributed by atoms with Crippen molar-refractivity contribution in [2.45, 2.75) is 31.0 Å². The molecule has 0 aromatic heterocycles. The Bertz CT molecular complexity index is 510. The average molecular weight is 318 g/mol. The number of amides is 1. The van der Waals surface area contributed by atoms with Gasteiger partial charge in [-0.3, -0.25) is 9.69 Å². The molecule has 8 heteroatoms. The lowest BCUT2D eigenvalue weighted by molar-refractivity contribution is -0.173. The summed E-state index contributed by atoms with van der Waals surface area (Å²) in [4.78, 5) is 12.5. The summed E-state index contributed by atoms with van der Waals surface area (Å²) in [5, 5.41) is 21.4. The van der Waals surface area contributed by atoms with E-state index in [1.807, 2.05) is 30.3 Å². The number of carbonyl (C=O) groups excluding carboxylic acids is 1. The van der Waals surface area contributed by atoms with Crippen LogP contribution in [-0.4, -0.2) is 58.5 Å². The number of β-amino-alcohol motifs (C(OH)–C–C–N with tert-alkyl or cyclic N) is 1. The van der Waals surface area contributed by atoms with Gasteiger partial charge in [0.25, 0.3) is 0 Å². The highest BCUT2D eigenvalue weighted by molar-refractivity contribution is 5.81. The van der Waals surface area contributed by atoms with E-state index >= 15 is 0 Å². The smallest absolute Gasteiger partial charge is 0.389 e. The highest BCUT2D eigenvalue weighted by Gasteiger charge is 2.43. The number of hydrogen-bond donors (Lipinski definition) is 3. The lowest BCUT2D eigenvalue weighted by Crippen LogP contribution is -2.48. The largest absolute Gasteiger partial charge is 0.471 e. The number of nitrogens with one attached hydrogen (secondary N) is 1. The van der Waals surface area contributed by atoms with Crippen molar-refractivity contribution in [3.63, 3.8) is 0 Å². The molecule has 5 nitrogen and oxygen atoms in total.